The van der Waals surface area contributed by atoms with Crippen molar-refractivity contribution in [3.63, 3.8) is 0 Å². The molecule has 10 aromatic rings. The summed E-state index contributed by atoms with van der Waals surface area (Å²) in [5.41, 5.74) is 16.5. The highest BCUT2D eigenvalue weighted by Crippen LogP contribution is 2.56. The Morgan fingerprint density at radius 2 is 0.860 bits per heavy atom. The summed E-state index contributed by atoms with van der Waals surface area (Å²) in [4.78, 5) is 2.35. The van der Waals surface area contributed by atoms with Crippen LogP contribution < -0.4 is 4.90 Å². The van der Waals surface area contributed by atoms with Crippen molar-refractivity contribution in [2.24, 2.45) is 0 Å². The van der Waals surface area contributed by atoms with Crippen molar-refractivity contribution in [1.82, 2.24) is 0 Å². The highest BCUT2D eigenvalue weighted by Gasteiger charge is 2.46. The van der Waals surface area contributed by atoms with E-state index in [0.29, 0.717) is 0 Å². The SMILES string of the molecule is c1ccc(-c2cccc(N(c3cccc(-c4ccccc4)c3)c3cccc4c3oc3cc(C5(c6ccccc6)c6ccccc6-c6ccccc65)ccc34)c2)cc1. The fourth-order valence-electron chi connectivity index (χ4n) is 9.24. The number of furan rings is 1. The van der Waals surface area contributed by atoms with Crippen molar-refractivity contribution in [2.45, 2.75) is 5.41 Å². The monoisotopic (exact) mass is 727 g/mol. The molecule has 0 N–H and O–H groups in total. The first-order valence-corrected chi connectivity index (χ1v) is 19.6. The molecule has 11 rings (SSSR count). The molecule has 0 radical (unpaired) electrons. The zero-order chi connectivity index (χ0) is 37.8. The maximum Gasteiger partial charge on any atom is 0.159 e. The first kappa shape index (κ1) is 33.0. The Labute approximate surface area is 332 Å². The molecule has 0 aliphatic heterocycles. The predicted molar refractivity (Wildman–Crippen MR) is 237 cm³/mol. The molecule has 0 spiro atoms. The van der Waals surface area contributed by atoms with E-state index in [1.165, 1.54) is 44.5 Å². The Balaban J connectivity index is 1.14. The highest BCUT2D eigenvalue weighted by atomic mass is 16.3. The van der Waals surface area contributed by atoms with Gasteiger partial charge in [0.15, 0.2) is 5.58 Å². The third-order valence-corrected chi connectivity index (χ3v) is 11.7. The average Bonchev–Trinajstić information content (AvgIpc) is 3.82. The molecule has 0 saturated carbocycles. The van der Waals surface area contributed by atoms with Gasteiger partial charge >= 0.3 is 0 Å². The zero-order valence-electron chi connectivity index (χ0n) is 31.2. The number of hydrogen-bond acceptors (Lipinski definition) is 2. The van der Waals surface area contributed by atoms with Crippen molar-refractivity contribution in [1.29, 1.82) is 0 Å². The van der Waals surface area contributed by atoms with Crippen LogP contribution in [0.2, 0.25) is 0 Å². The summed E-state index contributed by atoms with van der Waals surface area (Å²) < 4.78 is 7.15. The molecule has 0 atom stereocenters. The zero-order valence-corrected chi connectivity index (χ0v) is 31.2. The van der Waals surface area contributed by atoms with Crippen molar-refractivity contribution >= 4 is 39.0 Å². The molecule has 0 saturated heterocycles. The Bertz CT molecular complexity index is 2940. The van der Waals surface area contributed by atoms with Crippen LogP contribution >= 0.6 is 0 Å². The van der Waals surface area contributed by atoms with Crippen LogP contribution in [0.5, 0.6) is 0 Å². The van der Waals surface area contributed by atoms with Crippen molar-refractivity contribution in [3.8, 4) is 33.4 Å². The molecule has 2 heteroatoms. The van der Waals surface area contributed by atoms with Gasteiger partial charge < -0.3 is 9.32 Å². The second-order valence-electron chi connectivity index (χ2n) is 14.8. The topological polar surface area (TPSA) is 16.4 Å². The first-order chi connectivity index (χ1) is 28.3. The maximum atomic E-state index is 7.15. The van der Waals surface area contributed by atoms with E-state index in [9.17, 15) is 0 Å². The molecule has 1 aliphatic carbocycles. The minimum absolute atomic E-state index is 0.508. The van der Waals surface area contributed by atoms with Crippen LogP contribution in [0, 0.1) is 0 Å². The van der Waals surface area contributed by atoms with Crippen LogP contribution in [0.25, 0.3) is 55.3 Å². The number of rotatable bonds is 7. The second kappa shape index (κ2) is 13.4. The number of anilines is 3. The summed E-state index contributed by atoms with van der Waals surface area (Å²) in [5, 5.41) is 2.17. The molecule has 268 valence electrons. The molecule has 1 aromatic heterocycles. The summed E-state index contributed by atoms with van der Waals surface area (Å²) in [6, 6.07) is 80.9. The summed E-state index contributed by atoms with van der Waals surface area (Å²) in [6.07, 6.45) is 0. The van der Waals surface area contributed by atoms with Gasteiger partial charge in [0.25, 0.3) is 0 Å². The van der Waals surface area contributed by atoms with E-state index in [2.05, 4.69) is 229 Å². The van der Waals surface area contributed by atoms with E-state index in [4.69, 9.17) is 4.42 Å². The molecule has 9 aromatic carbocycles. The van der Waals surface area contributed by atoms with Gasteiger partial charge in [0.05, 0.1) is 11.1 Å². The maximum absolute atomic E-state index is 7.15. The standard InChI is InChI=1S/C55H37NO/c1-4-17-38(18-5-1)40-21-14-25-44(35-40)56(45-26-15-22-41(36-45)39-19-6-2-7-20-39)52-32-16-29-49-48-34-33-43(37-53(48)57-54(49)52)55(42-23-8-3-9-24-42)50-30-12-10-27-46(50)47-28-11-13-31-51(47)55/h1-37H. The van der Waals surface area contributed by atoms with Gasteiger partial charge in [-0.3, -0.25) is 0 Å². The van der Waals surface area contributed by atoms with Crippen LogP contribution in [-0.4, -0.2) is 0 Å². The summed E-state index contributed by atoms with van der Waals surface area (Å²) in [5.74, 6) is 0. The van der Waals surface area contributed by atoms with Gasteiger partial charge in [-0.2, -0.15) is 0 Å². The molecular weight excluding hydrogens is 691 g/mol. The Morgan fingerprint density at radius 3 is 1.46 bits per heavy atom. The van der Waals surface area contributed by atoms with Crippen LogP contribution in [0.15, 0.2) is 229 Å². The molecule has 57 heavy (non-hydrogen) atoms. The van der Waals surface area contributed by atoms with Gasteiger partial charge in [-0.25, -0.2) is 0 Å². The molecule has 0 fully saturated rings. The highest BCUT2D eigenvalue weighted by molar-refractivity contribution is 6.10. The van der Waals surface area contributed by atoms with Crippen molar-refractivity contribution in [2.75, 3.05) is 4.90 Å². The van der Waals surface area contributed by atoms with Gasteiger partial charge in [0, 0.05) is 22.1 Å². The minimum Gasteiger partial charge on any atom is -0.454 e. The van der Waals surface area contributed by atoms with E-state index in [1.807, 2.05) is 0 Å². The van der Waals surface area contributed by atoms with Crippen LogP contribution in [0.4, 0.5) is 17.1 Å². The third kappa shape index (κ3) is 5.26. The van der Waals surface area contributed by atoms with E-state index >= 15 is 0 Å². The summed E-state index contributed by atoms with van der Waals surface area (Å²) >= 11 is 0. The van der Waals surface area contributed by atoms with Crippen molar-refractivity contribution < 1.29 is 4.42 Å². The first-order valence-electron chi connectivity index (χ1n) is 19.6. The van der Waals surface area contributed by atoms with Gasteiger partial charge in [0.2, 0.25) is 0 Å². The summed E-state index contributed by atoms with van der Waals surface area (Å²) in [7, 11) is 0. The fraction of sp³-hybridized carbons (Fsp3) is 0.0182. The normalized spacial score (nSPS) is 12.7. The lowest BCUT2D eigenvalue weighted by Gasteiger charge is -2.33. The lowest BCUT2D eigenvalue weighted by atomic mass is 9.67. The third-order valence-electron chi connectivity index (χ3n) is 11.7. The Morgan fingerprint density at radius 1 is 0.351 bits per heavy atom. The van der Waals surface area contributed by atoms with E-state index in [1.54, 1.807) is 0 Å². The van der Waals surface area contributed by atoms with Gasteiger partial charge in [-0.05, 0) is 92.0 Å². The van der Waals surface area contributed by atoms with E-state index < -0.39 is 5.41 Å². The van der Waals surface area contributed by atoms with Crippen LogP contribution in [-0.2, 0) is 5.41 Å². The summed E-state index contributed by atoms with van der Waals surface area (Å²) in [6.45, 7) is 0. The molecule has 1 heterocycles. The number of benzene rings is 9. The fourth-order valence-corrected chi connectivity index (χ4v) is 9.24. The van der Waals surface area contributed by atoms with Gasteiger partial charge in [-0.15, -0.1) is 0 Å². The van der Waals surface area contributed by atoms with Crippen LogP contribution in [0.3, 0.4) is 0 Å². The number of nitrogens with zero attached hydrogens (tertiary/aromatic N) is 1. The number of para-hydroxylation sites is 1. The lowest BCUT2D eigenvalue weighted by Crippen LogP contribution is -2.28. The van der Waals surface area contributed by atoms with Gasteiger partial charge in [0.1, 0.15) is 5.58 Å². The average molecular weight is 728 g/mol. The second-order valence-corrected chi connectivity index (χ2v) is 14.8. The molecule has 0 amide bonds. The van der Waals surface area contributed by atoms with E-state index in [-0.39, 0.29) is 0 Å². The smallest absolute Gasteiger partial charge is 0.159 e. The Kier molecular flexibility index (Phi) is 7.75. The molecule has 2 nitrogen and oxygen atoms in total. The quantitative estimate of drug-likeness (QED) is 0.163. The van der Waals surface area contributed by atoms with Crippen LogP contribution in [0.1, 0.15) is 22.3 Å². The largest absolute Gasteiger partial charge is 0.454 e. The molecule has 0 unspecified atom stereocenters. The number of fused-ring (bicyclic) bond motifs is 6. The minimum atomic E-state index is -0.508. The number of hydrogen-bond donors (Lipinski definition) is 0. The molecule has 1 aliphatic rings. The predicted octanol–water partition coefficient (Wildman–Crippen LogP) is 14.8. The van der Waals surface area contributed by atoms with Crippen molar-refractivity contribution in [3.05, 3.63) is 247 Å². The molecule has 0 bridgehead atoms. The van der Waals surface area contributed by atoms with E-state index in [0.717, 1.165) is 50.1 Å². The van der Waals surface area contributed by atoms with Gasteiger partial charge in [-0.1, -0.05) is 188 Å². The Hall–Kier alpha value is -7.42. The molecular formula is C55H37NO. The lowest BCUT2D eigenvalue weighted by molar-refractivity contribution is 0.666.